The topological polar surface area (TPSA) is 54.1 Å². The minimum Gasteiger partial charge on any atom is -0.307 e. The molecule has 0 aromatic heterocycles. The molecule has 0 aliphatic carbocycles. The summed E-state index contributed by atoms with van der Waals surface area (Å²) in [5.41, 5.74) is 2.82. The zero-order valence-electron chi connectivity index (χ0n) is 33.2. The number of benzene rings is 10. The molecule has 0 radical (unpaired) electrons. The molecule has 0 spiro atoms. The molecular formula is C54H28F6N4. The van der Waals surface area contributed by atoms with Gasteiger partial charge in [0.1, 0.15) is 34.9 Å². The second kappa shape index (κ2) is 15.7. The molecule has 0 heterocycles. The van der Waals surface area contributed by atoms with Gasteiger partial charge >= 0.3 is 0 Å². The Morgan fingerprint density at radius 3 is 1.12 bits per heavy atom. The standard InChI is InChI=1S/C54H28F6N4/c55-37-5-1-3-35(23-37)43-25-51(47(59)27-45(43)57)63(39-15-7-31(29-61)8-16-39)49-21-13-33-12-20-42-50(22-14-34-11-19-41(49)53(33)54(34)42)64(40-17-9-32(30-62)10-18-40)52-26-44(46(58)28-48(52)60)36-4-2-6-38(56)24-36/h1-28H. The van der Waals surface area contributed by atoms with Gasteiger partial charge in [0.2, 0.25) is 0 Å². The highest BCUT2D eigenvalue weighted by Crippen LogP contribution is 2.49. The van der Waals surface area contributed by atoms with Gasteiger partial charge in [0.25, 0.3) is 0 Å². The first-order valence-electron chi connectivity index (χ1n) is 19.9. The van der Waals surface area contributed by atoms with Crippen molar-refractivity contribution < 1.29 is 26.3 Å². The van der Waals surface area contributed by atoms with Gasteiger partial charge in [0.05, 0.1) is 46.0 Å². The maximum atomic E-state index is 16.4. The van der Waals surface area contributed by atoms with Crippen LogP contribution >= 0.6 is 0 Å². The highest BCUT2D eigenvalue weighted by molar-refractivity contribution is 6.28. The van der Waals surface area contributed by atoms with Crippen LogP contribution in [-0.2, 0) is 0 Å². The van der Waals surface area contributed by atoms with Crippen molar-refractivity contribution in [1.82, 2.24) is 0 Å². The molecule has 0 atom stereocenters. The third-order valence-corrected chi connectivity index (χ3v) is 11.4. The van der Waals surface area contributed by atoms with Gasteiger partial charge in [0, 0.05) is 45.4 Å². The van der Waals surface area contributed by atoms with Crippen molar-refractivity contribution in [3.63, 3.8) is 0 Å². The molecule has 0 aliphatic rings. The Balaban J connectivity index is 1.23. The SMILES string of the molecule is N#Cc1ccc(N(c2cc(-c3cccc(F)c3)c(F)cc2F)c2ccc3ccc4c(N(c5ccc(C#N)cc5)c5cc(-c6cccc(F)c6)c(F)cc5F)ccc5ccc2c3c54)cc1. The largest absolute Gasteiger partial charge is 0.307 e. The van der Waals surface area contributed by atoms with Crippen molar-refractivity contribution in [2.45, 2.75) is 0 Å². The van der Waals surface area contributed by atoms with Crippen LogP contribution in [0.1, 0.15) is 11.1 Å². The first-order chi connectivity index (χ1) is 31.1. The summed E-state index contributed by atoms with van der Waals surface area (Å²) in [5, 5.41) is 23.7. The Hall–Kier alpha value is -8.60. The van der Waals surface area contributed by atoms with E-state index in [-0.39, 0.29) is 33.6 Å². The summed E-state index contributed by atoms with van der Waals surface area (Å²) in [6, 6.07) is 47.1. The minimum atomic E-state index is -0.896. The van der Waals surface area contributed by atoms with Crippen LogP contribution in [0.5, 0.6) is 0 Å². The lowest BCUT2D eigenvalue weighted by atomic mass is 9.91. The Labute approximate surface area is 362 Å². The van der Waals surface area contributed by atoms with Gasteiger partial charge in [-0.1, -0.05) is 60.7 Å². The lowest BCUT2D eigenvalue weighted by molar-refractivity contribution is 0.585. The predicted octanol–water partition coefficient (Wildman–Crippen LogP) is 15.4. The van der Waals surface area contributed by atoms with Crippen LogP contribution in [0.4, 0.5) is 60.5 Å². The first kappa shape index (κ1) is 39.5. The number of hydrogen-bond donors (Lipinski definition) is 0. The summed E-state index contributed by atoms with van der Waals surface area (Å²) in [6.45, 7) is 0. The molecule has 10 heteroatoms. The molecule has 64 heavy (non-hydrogen) atoms. The molecule has 0 bridgehead atoms. The van der Waals surface area contributed by atoms with E-state index in [1.165, 1.54) is 60.7 Å². The first-order valence-corrected chi connectivity index (χ1v) is 19.9. The lowest BCUT2D eigenvalue weighted by Gasteiger charge is -2.30. The van der Waals surface area contributed by atoms with Crippen molar-refractivity contribution in [2.24, 2.45) is 0 Å². The van der Waals surface area contributed by atoms with E-state index in [0.717, 1.165) is 33.7 Å². The third-order valence-electron chi connectivity index (χ3n) is 11.4. The van der Waals surface area contributed by atoms with Crippen LogP contribution in [-0.4, -0.2) is 0 Å². The van der Waals surface area contributed by atoms with Crippen molar-refractivity contribution in [3.05, 3.63) is 216 Å². The van der Waals surface area contributed by atoms with Gasteiger partial charge in [-0.15, -0.1) is 0 Å². The van der Waals surface area contributed by atoms with Crippen molar-refractivity contribution in [2.75, 3.05) is 9.80 Å². The van der Waals surface area contributed by atoms with Crippen LogP contribution in [0.25, 0.3) is 54.6 Å². The maximum absolute atomic E-state index is 16.4. The molecule has 306 valence electrons. The van der Waals surface area contributed by atoms with E-state index in [0.29, 0.717) is 44.6 Å². The van der Waals surface area contributed by atoms with Gasteiger partial charge in [0.15, 0.2) is 0 Å². The molecule has 0 aliphatic heterocycles. The van der Waals surface area contributed by atoms with E-state index in [1.54, 1.807) is 58.3 Å². The smallest absolute Gasteiger partial charge is 0.150 e. The highest BCUT2D eigenvalue weighted by Gasteiger charge is 2.26. The summed E-state index contributed by atoms with van der Waals surface area (Å²) >= 11 is 0. The highest BCUT2D eigenvalue weighted by atomic mass is 19.2. The molecule has 4 nitrogen and oxygen atoms in total. The van der Waals surface area contributed by atoms with E-state index in [2.05, 4.69) is 12.1 Å². The van der Waals surface area contributed by atoms with Gasteiger partial charge < -0.3 is 9.80 Å². The lowest BCUT2D eigenvalue weighted by Crippen LogP contribution is -2.14. The predicted molar refractivity (Wildman–Crippen MR) is 240 cm³/mol. The van der Waals surface area contributed by atoms with Crippen molar-refractivity contribution >= 4 is 66.4 Å². The van der Waals surface area contributed by atoms with E-state index in [1.807, 2.05) is 48.5 Å². The van der Waals surface area contributed by atoms with Gasteiger partial charge in [-0.25, -0.2) is 26.3 Å². The fourth-order valence-corrected chi connectivity index (χ4v) is 8.52. The molecule has 0 amide bonds. The van der Waals surface area contributed by atoms with E-state index >= 15 is 17.6 Å². The Morgan fingerprint density at radius 2 is 0.750 bits per heavy atom. The number of nitriles is 2. The summed E-state index contributed by atoms with van der Waals surface area (Å²) in [7, 11) is 0. The zero-order valence-corrected chi connectivity index (χ0v) is 33.2. The molecule has 0 unspecified atom stereocenters. The summed E-state index contributed by atoms with van der Waals surface area (Å²) in [6.07, 6.45) is 0. The van der Waals surface area contributed by atoms with Crippen LogP contribution in [0.15, 0.2) is 170 Å². The zero-order chi connectivity index (χ0) is 44.2. The molecule has 10 rings (SSSR count). The summed E-state index contributed by atoms with van der Waals surface area (Å²) < 4.78 is 92.9. The van der Waals surface area contributed by atoms with E-state index in [9.17, 15) is 19.3 Å². The van der Waals surface area contributed by atoms with Gasteiger partial charge in [-0.2, -0.15) is 10.5 Å². The second-order valence-corrected chi connectivity index (χ2v) is 15.2. The fourth-order valence-electron chi connectivity index (χ4n) is 8.52. The summed E-state index contributed by atoms with van der Waals surface area (Å²) in [4.78, 5) is 3.24. The Kier molecular flexibility index (Phi) is 9.70. The molecule has 10 aromatic rings. The average molecular weight is 847 g/mol. The molecular weight excluding hydrogens is 819 g/mol. The molecule has 0 fully saturated rings. The number of halogens is 6. The van der Waals surface area contributed by atoms with Crippen LogP contribution in [0, 0.1) is 57.6 Å². The normalized spacial score (nSPS) is 11.2. The number of hydrogen-bond acceptors (Lipinski definition) is 4. The Bertz CT molecular complexity index is 3320. The average Bonchev–Trinajstić information content (AvgIpc) is 3.30. The van der Waals surface area contributed by atoms with E-state index in [4.69, 9.17) is 0 Å². The molecule has 0 saturated heterocycles. The minimum absolute atomic E-state index is 0.0339. The maximum Gasteiger partial charge on any atom is 0.150 e. The monoisotopic (exact) mass is 846 g/mol. The molecule has 10 aromatic carbocycles. The van der Waals surface area contributed by atoms with E-state index < -0.39 is 34.9 Å². The third kappa shape index (κ3) is 6.75. The molecule has 0 N–H and O–H groups in total. The fraction of sp³-hybridized carbons (Fsp3) is 0. The van der Waals surface area contributed by atoms with Crippen LogP contribution in [0.3, 0.4) is 0 Å². The van der Waals surface area contributed by atoms with Crippen molar-refractivity contribution in [1.29, 1.82) is 10.5 Å². The second-order valence-electron chi connectivity index (χ2n) is 15.2. The van der Waals surface area contributed by atoms with Crippen LogP contribution < -0.4 is 9.80 Å². The van der Waals surface area contributed by atoms with Crippen LogP contribution in [0.2, 0.25) is 0 Å². The quantitative estimate of drug-likeness (QED) is 0.113. The Morgan fingerprint density at radius 1 is 0.359 bits per heavy atom. The van der Waals surface area contributed by atoms with Gasteiger partial charge in [-0.05, 0) is 130 Å². The number of anilines is 6. The number of nitrogens with zero attached hydrogens (tertiary/aromatic N) is 4. The molecule has 0 saturated carbocycles. The van der Waals surface area contributed by atoms with Gasteiger partial charge in [-0.3, -0.25) is 0 Å². The summed E-state index contributed by atoms with van der Waals surface area (Å²) in [5.74, 6) is -4.75. The van der Waals surface area contributed by atoms with Crippen molar-refractivity contribution in [3.8, 4) is 34.4 Å². The number of rotatable bonds is 8.